The molecule has 0 atom stereocenters. The topological polar surface area (TPSA) is 41.1 Å². The monoisotopic (exact) mass is 777 g/mol. The van der Waals surface area contributed by atoms with Gasteiger partial charge >= 0.3 is 0 Å². The van der Waals surface area contributed by atoms with Crippen molar-refractivity contribution in [3.8, 4) is 27.9 Å². The lowest BCUT2D eigenvalue weighted by Crippen LogP contribution is -2.04. The fourth-order valence-corrected chi connectivity index (χ4v) is 8.89. The summed E-state index contributed by atoms with van der Waals surface area (Å²) in [5, 5.41) is 18.9. The summed E-state index contributed by atoms with van der Waals surface area (Å²) in [7, 11) is 0. The number of aliphatic imine (C=N–C) groups is 1. The molecule has 0 aliphatic heterocycles. The fraction of sp³-hybridized carbons (Fsp3) is 0. The number of fused-ring (bicyclic) bond motifs is 7. The summed E-state index contributed by atoms with van der Waals surface area (Å²) in [6.45, 7) is 0. The van der Waals surface area contributed by atoms with Crippen LogP contribution in [-0.2, 0) is 0 Å². The highest BCUT2D eigenvalue weighted by atomic mass is 15.0. The Labute approximate surface area is 354 Å². The molecule has 0 unspecified atom stereocenters. The van der Waals surface area contributed by atoms with E-state index in [1.807, 2.05) is 42.5 Å². The molecule has 0 radical (unpaired) electrons. The van der Waals surface area contributed by atoms with E-state index in [9.17, 15) is 0 Å². The van der Waals surface area contributed by atoms with Gasteiger partial charge in [-0.1, -0.05) is 194 Å². The minimum absolute atomic E-state index is 0.215. The number of allylic oxidation sites excluding steroid dienone is 1. The minimum Gasteiger partial charge on any atom is -0.309 e. The molecule has 0 fully saturated rings. The molecule has 11 aromatic rings. The van der Waals surface area contributed by atoms with Gasteiger partial charge in [0.15, 0.2) is 5.84 Å². The zero-order valence-corrected chi connectivity index (χ0v) is 33.3. The van der Waals surface area contributed by atoms with E-state index in [1.165, 1.54) is 54.2 Å². The van der Waals surface area contributed by atoms with Crippen LogP contribution < -0.4 is 0 Å². The third-order valence-corrected chi connectivity index (χ3v) is 11.9. The van der Waals surface area contributed by atoms with E-state index in [1.54, 1.807) is 0 Å². The normalized spacial score (nSPS) is 12.0. The van der Waals surface area contributed by atoms with Crippen molar-refractivity contribution in [1.82, 2.24) is 4.57 Å². The van der Waals surface area contributed by atoms with Gasteiger partial charge in [0.2, 0.25) is 0 Å². The molecule has 0 spiro atoms. The van der Waals surface area contributed by atoms with Gasteiger partial charge in [-0.2, -0.15) is 0 Å². The predicted molar refractivity (Wildman–Crippen MR) is 259 cm³/mol. The van der Waals surface area contributed by atoms with Crippen molar-refractivity contribution in [2.24, 2.45) is 4.99 Å². The summed E-state index contributed by atoms with van der Waals surface area (Å²) in [5.41, 5.74) is 11.6. The second-order valence-electron chi connectivity index (χ2n) is 15.5. The molecule has 286 valence electrons. The average molecular weight is 778 g/mol. The Morgan fingerprint density at radius 1 is 0.410 bits per heavy atom. The molecule has 1 heterocycles. The molecule has 0 saturated heterocycles. The number of rotatable bonds is 7. The lowest BCUT2D eigenvalue weighted by molar-refractivity contribution is 1.18. The van der Waals surface area contributed by atoms with Gasteiger partial charge in [-0.3, -0.25) is 5.41 Å². The SMILES string of the molecule is N=C(N=C(/C=C/c1ccc(-c2ccc(-c3c4ccccc4cc4c3ccc3ccccc34)cc2)cc1)c1ccc2c3ccccc3n(-c3ccccc3)c2c1)c1ccccc1. The maximum absolute atomic E-state index is 9.00. The van der Waals surface area contributed by atoms with Gasteiger partial charge in [-0.05, 0) is 96.5 Å². The minimum atomic E-state index is 0.215. The standard InChI is InChI=1S/C58H39N3/c59-58(44-14-3-1-4-15-44)60-54(46-33-34-51-50-21-11-12-22-55(50)61(56(51)38-46)47-17-5-2-6-18-47)36-25-39-23-26-40(27-24-39)41-28-30-43(31-29-41)57-49-20-10-8-16-45(49)37-53-48-19-9-7-13-42(48)32-35-52(53)57/h1-38,59H/b36-25+,59-58?,60-54?. The smallest absolute Gasteiger partial charge is 0.152 e. The Bertz CT molecular complexity index is 3500. The van der Waals surface area contributed by atoms with Crippen molar-refractivity contribution in [1.29, 1.82) is 5.41 Å². The van der Waals surface area contributed by atoms with Crippen molar-refractivity contribution in [3.63, 3.8) is 0 Å². The van der Waals surface area contributed by atoms with Crippen LogP contribution in [0.3, 0.4) is 0 Å². The first-order valence-corrected chi connectivity index (χ1v) is 20.7. The van der Waals surface area contributed by atoms with Crippen molar-refractivity contribution >= 4 is 71.7 Å². The maximum Gasteiger partial charge on any atom is 0.152 e. The fourth-order valence-electron chi connectivity index (χ4n) is 8.89. The lowest BCUT2D eigenvalue weighted by Gasteiger charge is -2.14. The number of amidine groups is 1. The molecule has 3 nitrogen and oxygen atoms in total. The second kappa shape index (κ2) is 15.2. The van der Waals surface area contributed by atoms with Crippen LogP contribution in [0.5, 0.6) is 0 Å². The number of aromatic nitrogens is 1. The summed E-state index contributed by atoms with van der Waals surface area (Å²) < 4.78 is 2.31. The van der Waals surface area contributed by atoms with Crippen LogP contribution in [0.25, 0.3) is 88.1 Å². The molecule has 10 aromatic carbocycles. The Balaban J connectivity index is 0.937. The van der Waals surface area contributed by atoms with Crippen LogP contribution in [0.2, 0.25) is 0 Å². The number of hydrogen-bond donors (Lipinski definition) is 1. The summed E-state index contributed by atoms with van der Waals surface area (Å²) in [5.74, 6) is 0.215. The summed E-state index contributed by atoms with van der Waals surface area (Å²) >= 11 is 0. The summed E-state index contributed by atoms with van der Waals surface area (Å²) in [6, 6.07) is 77.2. The predicted octanol–water partition coefficient (Wildman–Crippen LogP) is 15.1. The van der Waals surface area contributed by atoms with Crippen LogP contribution in [0.1, 0.15) is 16.7 Å². The number of nitrogens with one attached hydrogen (secondary N) is 1. The van der Waals surface area contributed by atoms with E-state index in [0.29, 0.717) is 5.71 Å². The van der Waals surface area contributed by atoms with E-state index in [0.717, 1.165) is 44.5 Å². The molecule has 11 rings (SSSR count). The first kappa shape index (κ1) is 36.0. The van der Waals surface area contributed by atoms with E-state index in [4.69, 9.17) is 10.4 Å². The van der Waals surface area contributed by atoms with Crippen LogP contribution in [0.4, 0.5) is 0 Å². The van der Waals surface area contributed by atoms with Gasteiger partial charge in [0.25, 0.3) is 0 Å². The average Bonchev–Trinajstić information content (AvgIpc) is 3.66. The molecule has 0 bridgehead atoms. The highest BCUT2D eigenvalue weighted by molar-refractivity contribution is 6.21. The van der Waals surface area contributed by atoms with Gasteiger partial charge in [0.1, 0.15) is 0 Å². The molecule has 3 heteroatoms. The molecule has 0 amide bonds. The van der Waals surface area contributed by atoms with Crippen LogP contribution in [-0.4, -0.2) is 16.1 Å². The zero-order chi connectivity index (χ0) is 40.7. The lowest BCUT2D eigenvalue weighted by atomic mass is 9.89. The quantitative estimate of drug-likeness (QED) is 0.0725. The number of nitrogens with zero attached hydrogens (tertiary/aromatic N) is 2. The third kappa shape index (κ3) is 6.59. The first-order chi connectivity index (χ1) is 30.2. The van der Waals surface area contributed by atoms with E-state index in [2.05, 4.69) is 193 Å². The van der Waals surface area contributed by atoms with Crippen LogP contribution >= 0.6 is 0 Å². The second-order valence-corrected chi connectivity index (χ2v) is 15.5. The zero-order valence-electron chi connectivity index (χ0n) is 33.3. The molecule has 1 aromatic heterocycles. The molecule has 0 aliphatic carbocycles. The molecule has 61 heavy (non-hydrogen) atoms. The Morgan fingerprint density at radius 3 is 1.77 bits per heavy atom. The third-order valence-electron chi connectivity index (χ3n) is 11.9. The van der Waals surface area contributed by atoms with Crippen molar-refractivity contribution in [2.75, 3.05) is 0 Å². The summed E-state index contributed by atoms with van der Waals surface area (Å²) in [6.07, 6.45) is 4.13. The molecule has 1 N–H and O–H groups in total. The molecule has 0 aliphatic rings. The van der Waals surface area contributed by atoms with E-state index in [-0.39, 0.29) is 5.84 Å². The van der Waals surface area contributed by atoms with Crippen LogP contribution in [0.15, 0.2) is 229 Å². The van der Waals surface area contributed by atoms with Crippen molar-refractivity contribution in [3.05, 3.63) is 241 Å². The Hall–Kier alpha value is -8.14. The van der Waals surface area contributed by atoms with Crippen LogP contribution in [0, 0.1) is 5.41 Å². The first-order valence-electron chi connectivity index (χ1n) is 20.7. The van der Waals surface area contributed by atoms with Crippen molar-refractivity contribution < 1.29 is 0 Å². The molecular weight excluding hydrogens is 739 g/mol. The number of hydrogen-bond acceptors (Lipinski definition) is 1. The van der Waals surface area contributed by atoms with Crippen molar-refractivity contribution in [2.45, 2.75) is 0 Å². The number of para-hydroxylation sites is 2. The van der Waals surface area contributed by atoms with Gasteiger partial charge in [-0.15, -0.1) is 0 Å². The highest BCUT2D eigenvalue weighted by Crippen LogP contribution is 2.40. The molecule has 0 saturated carbocycles. The Morgan fingerprint density at radius 2 is 1.00 bits per heavy atom. The highest BCUT2D eigenvalue weighted by Gasteiger charge is 2.15. The summed E-state index contributed by atoms with van der Waals surface area (Å²) in [4.78, 5) is 4.95. The largest absolute Gasteiger partial charge is 0.309 e. The van der Waals surface area contributed by atoms with Gasteiger partial charge in [0.05, 0.1) is 16.7 Å². The van der Waals surface area contributed by atoms with E-state index < -0.39 is 0 Å². The maximum atomic E-state index is 9.00. The van der Waals surface area contributed by atoms with Gasteiger partial charge in [0, 0.05) is 27.6 Å². The van der Waals surface area contributed by atoms with E-state index >= 15 is 0 Å². The molecular formula is C58H39N3. The van der Waals surface area contributed by atoms with Gasteiger partial charge < -0.3 is 4.57 Å². The Kier molecular flexibility index (Phi) is 8.98. The van der Waals surface area contributed by atoms with Gasteiger partial charge in [-0.25, -0.2) is 4.99 Å². The number of benzene rings is 10.